The number of hydrogen-bond donors (Lipinski definition) is 1. The summed E-state index contributed by atoms with van der Waals surface area (Å²) in [5.41, 5.74) is 8.20. The second-order valence-corrected chi connectivity index (χ2v) is 10.7. The predicted molar refractivity (Wildman–Crippen MR) is 162 cm³/mol. The summed E-state index contributed by atoms with van der Waals surface area (Å²) in [5, 5.41) is 8.57. The van der Waals surface area contributed by atoms with Gasteiger partial charge in [-0.15, -0.1) is 0 Å². The maximum atomic E-state index is 5.29. The molecule has 0 aliphatic carbocycles. The highest BCUT2D eigenvalue weighted by Gasteiger charge is 2.41. The van der Waals surface area contributed by atoms with Crippen LogP contribution < -0.4 is 10.2 Å². The van der Waals surface area contributed by atoms with Crippen molar-refractivity contribution in [1.29, 1.82) is 0 Å². The van der Waals surface area contributed by atoms with E-state index in [-0.39, 0.29) is 6.04 Å². The molecule has 1 N–H and O–H groups in total. The van der Waals surface area contributed by atoms with E-state index in [9.17, 15) is 0 Å². The summed E-state index contributed by atoms with van der Waals surface area (Å²) in [6, 6.07) is 35.1. The van der Waals surface area contributed by atoms with Gasteiger partial charge in [-0.1, -0.05) is 76.1 Å². The number of rotatable bonds is 3. The van der Waals surface area contributed by atoms with E-state index in [0.717, 1.165) is 55.7 Å². The van der Waals surface area contributed by atoms with Crippen LogP contribution in [0.25, 0.3) is 5.69 Å². The summed E-state index contributed by atoms with van der Waals surface area (Å²) in [6.07, 6.45) is 0. The van der Waals surface area contributed by atoms with Crippen LogP contribution in [0.15, 0.2) is 118 Å². The van der Waals surface area contributed by atoms with Crippen LogP contribution in [0.5, 0.6) is 0 Å². The first-order chi connectivity index (χ1) is 19.1. The van der Waals surface area contributed by atoms with Gasteiger partial charge in [-0.2, -0.15) is 5.10 Å². The van der Waals surface area contributed by atoms with E-state index < -0.39 is 0 Å². The molecule has 6 nitrogen and oxygen atoms in total. The van der Waals surface area contributed by atoms with Crippen molar-refractivity contribution in [3.63, 3.8) is 0 Å². The molecular weight excluding hydrogens is 548 g/mol. The van der Waals surface area contributed by atoms with E-state index in [1.807, 2.05) is 28.9 Å². The molecule has 2 aliphatic rings. The number of anilines is 2. The van der Waals surface area contributed by atoms with E-state index in [0.29, 0.717) is 5.84 Å². The van der Waals surface area contributed by atoms with Gasteiger partial charge in [-0.05, 0) is 67.9 Å². The Morgan fingerprint density at radius 1 is 0.769 bits per heavy atom. The van der Waals surface area contributed by atoms with Gasteiger partial charge in [0.25, 0.3) is 0 Å². The van der Waals surface area contributed by atoms with E-state index in [1.165, 1.54) is 5.56 Å². The minimum Gasteiger partial charge on any atom is -0.337 e. The van der Waals surface area contributed by atoms with Crippen molar-refractivity contribution in [3.8, 4) is 5.69 Å². The van der Waals surface area contributed by atoms with Crippen LogP contribution in [-0.4, -0.2) is 21.5 Å². The van der Waals surface area contributed by atoms with Crippen LogP contribution >= 0.6 is 15.9 Å². The third-order valence-corrected chi connectivity index (χ3v) is 7.67. The van der Waals surface area contributed by atoms with Crippen LogP contribution in [0.3, 0.4) is 0 Å². The molecule has 1 atom stereocenters. The molecule has 7 heteroatoms. The lowest BCUT2D eigenvalue weighted by molar-refractivity contribution is 0.815. The second-order valence-electron chi connectivity index (χ2n) is 9.77. The zero-order chi connectivity index (χ0) is 26.5. The van der Waals surface area contributed by atoms with Gasteiger partial charge in [0, 0.05) is 15.7 Å². The molecule has 5 aromatic rings. The first kappa shape index (κ1) is 23.6. The smallest absolute Gasteiger partial charge is 0.179 e. The largest absolute Gasteiger partial charge is 0.337 e. The standard InChI is InChI=1S/C32H25BrN6/c1-20-12-18-24(19-13-20)34-30-32-36-31-28(21(2)37-39(31)25-8-4-3-5-9-25)29(22-14-16-23(33)17-15-22)38(32)27-11-7-6-10-26(27)35-30/h3-19,29H,1-2H3,(H,34,35)/t29-/m1/s1. The lowest BCUT2D eigenvalue weighted by Crippen LogP contribution is -2.46. The van der Waals surface area contributed by atoms with E-state index >= 15 is 0 Å². The Bertz CT molecular complexity index is 1750. The molecule has 0 saturated heterocycles. The van der Waals surface area contributed by atoms with Gasteiger partial charge >= 0.3 is 0 Å². The number of aryl methyl sites for hydroxylation is 2. The van der Waals surface area contributed by atoms with Gasteiger partial charge in [0.05, 0.1) is 28.8 Å². The minimum absolute atomic E-state index is 0.149. The summed E-state index contributed by atoms with van der Waals surface area (Å²) in [7, 11) is 0. The number of nitrogens with one attached hydrogen (secondary N) is 1. The van der Waals surface area contributed by atoms with Crippen LogP contribution in [0.1, 0.15) is 28.4 Å². The van der Waals surface area contributed by atoms with Crippen molar-refractivity contribution in [2.45, 2.75) is 19.9 Å². The number of hydrogen-bond acceptors (Lipinski definition) is 5. The molecule has 190 valence electrons. The lowest BCUT2D eigenvalue weighted by Gasteiger charge is -2.40. The van der Waals surface area contributed by atoms with Crippen molar-refractivity contribution >= 4 is 50.5 Å². The number of benzene rings is 4. The number of para-hydroxylation sites is 3. The van der Waals surface area contributed by atoms with E-state index in [2.05, 4.69) is 119 Å². The molecule has 0 saturated carbocycles. The van der Waals surface area contributed by atoms with E-state index in [1.54, 1.807) is 0 Å². The molecule has 0 radical (unpaired) electrons. The Morgan fingerprint density at radius 3 is 2.26 bits per heavy atom. The van der Waals surface area contributed by atoms with Crippen molar-refractivity contribution in [2.75, 3.05) is 10.2 Å². The fraction of sp³-hybridized carbons (Fsp3) is 0.0938. The zero-order valence-corrected chi connectivity index (χ0v) is 23.1. The highest BCUT2D eigenvalue weighted by atomic mass is 79.9. The summed E-state index contributed by atoms with van der Waals surface area (Å²) in [5.74, 6) is 2.27. The molecule has 0 amide bonds. The SMILES string of the molecule is Cc1ccc(NC2=Nc3ccccc3N3C2=Nc2c(c(C)nn2-c2ccccc2)[C@H]3c2ccc(Br)cc2)cc1. The average Bonchev–Trinajstić information content (AvgIpc) is 3.30. The monoisotopic (exact) mass is 572 g/mol. The Hall–Kier alpha value is -4.49. The van der Waals surface area contributed by atoms with Gasteiger partial charge in [0.15, 0.2) is 17.5 Å². The van der Waals surface area contributed by atoms with Crippen molar-refractivity contribution in [2.24, 2.45) is 9.98 Å². The van der Waals surface area contributed by atoms with Crippen LogP contribution in [-0.2, 0) is 0 Å². The van der Waals surface area contributed by atoms with Gasteiger partial charge < -0.3 is 10.2 Å². The Kier molecular flexibility index (Phi) is 5.67. The van der Waals surface area contributed by atoms with Crippen LogP contribution in [0, 0.1) is 13.8 Å². The van der Waals surface area contributed by atoms with Crippen LogP contribution in [0.4, 0.5) is 22.9 Å². The third-order valence-electron chi connectivity index (χ3n) is 7.14. The Labute approximate surface area is 235 Å². The molecule has 0 fully saturated rings. The third kappa shape index (κ3) is 4.06. The quantitative estimate of drug-likeness (QED) is 0.238. The van der Waals surface area contributed by atoms with Gasteiger partial charge in [-0.25, -0.2) is 14.7 Å². The molecule has 0 unspecified atom stereocenters. The van der Waals surface area contributed by atoms with Gasteiger partial charge in [0.1, 0.15) is 0 Å². The molecule has 1 aromatic heterocycles. The number of amidine groups is 2. The summed E-state index contributed by atoms with van der Waals surface area (Å²) in [4.78, 5) is 12.7. The maximum absolute atomic E-state index is 5.29. The average molecular weight is 573 g/mol. The van der Waals surface area contributed by atoms with Crippen molar-refractivity contribution in [1.82, 2.24) is 9.78 Å². The fourth-order valence-corrected chi connectivity index (χ4v) is 5.55. The van der Waals surface area contributed by atoms with Gasteiger partial charge in [-0.3, -0.25) is 0 Å². The number of aromatic nitrogens is 2. The predicted octanol–water partition coefficient (Wildman–Crippen LogP) is 8.05. The zero-order valence-electron chi connectivity index (χ0n) is 21.5. The molecule has 0 spiro atoms. The molecule has 2 aliphatic heterocycles. The number of aliphatic imine (C=N–C) groups is 2. The Balaban J connectivity index is 1.49. The van der Waals surface area contributed by atoms with Gasteiger partial charge in [0.2, 0.25) is 0 Å². The Morgan fingerprint density at radius 2 is 1.49 bits per heavy atom. The molecule has 4 aromatic carbocycles. The fourth-order valence-electron chi connectivity index (χ4n) is 5.28. The molecule has 39 heavy (non-hydrogen) atoms. The lowest BCUT2D eigenvalue weighted by atomic mass is 9.93. The first-order valence-corrected chi connectivity index (χ1v) is 13.7. The highest BCUT2D eigenvalue weighted by Crippen LogP contribution is 2.48. The minimum atomic E-state index is -0.149. The topological polar surface area (TPSA) is 57.8 Å². The van der Waals surface area contributed by atoms with Crippen molar-refractivity contribution < 1.29 is 0 Å². The first-order valence-electron chi connectivity index (χ1n) is 12.9. The summed E-state index contributed by atoms with van der Waals surface area (Å²) < 4.78 is 2.99. The summed E-state index contributed by atoms with van der Waals surface area (Å²) >= 11 is 3.61. The molecule has 0 bridgehead atoms. The summed E-state index contributed by atoms with van der Waals surface area (Å²) in [6.45, 7) is 4.16. The maximum Gasteiger partial charge on any atom is 0.179 e. The van der Waals surface area contributed by atoms with Crippen LogP contribution in [0.2, 0.25) is 0 Å². The normalized spacial score (nSPS) is 15.6. The second kappa shape index (κ2) is 9.36. The van der Waals surface area contributed by atoms with E-state index in [4.69, 9.17) is 15.1 Å². The molecule has 7 rings (SSSR count). The number of fused-ring (bicyclic) bond motifs is 4. The number of halogens is 1. The molecule has 3 heterocycles. The highest BCUT2D eigenvalue weighted by molar-refractivity contribution is 9.10. The molecular formula is C32H25BrN6. The van der Waals surface area contributed by atoms with Crippen molar-refractivity contribution in [3.05, 3.63) is 130 Å². The number of nitrogens with zero attached hydrogens (tertiary/aromatic N) is 5.